The van der Waals surface area contributed by atoms with Crippen LogP contribution in [0, 0.1) is 0 Å². The zero-order chi connectivity index (χ0) is 11.2. The van der Waals surface area contributed by atoms with E-state index in [1.54, 1.807) is 6.20 Å². The molecule has 0 atom stereocenters. The average Bonchev–Trinajstić information content (AvgIpc) is 2.89. The molecule has 1 aromatic carbocycles. The molecule has 0 bridgehead atoms. The highest BCUT2D eigenvalue weighted by molar-refractivity contribution is 7.00. The van der Waals surface area contributed by atoms with Crippen LogP contribution in [0.25, 0.3) is 32.8 Å². The molecule has 5 heteroatoms. The highest BCUT2D eigenvalue weighted by Crippen LogP contribution is 2.29. The fraction of sp³-hybridized carbons (Fsp3) is 0. The minimum absolute atomic E-state index is 0.935. The van der Waals surface area contributed by atoms with E-state index in [9.17, 15) is 0 Å². The summed E-state index contributed by atoms with van der Waals surface area (Å²) in [4.78, 5) is 7.69. The number of hydrogen-bond acceptors (Lipinski definition) is 4. The van der Waals surface area contributed by atoms with Crippen LogP contribution in [0.5, 0.6) is 0 Å². The van der Waals surface area contributed by atoms with Gasteiger partial charge in [-0.15, -0.1) is 0 Å². The third-order valence-electron chi connectivity index (χ3n) is 2.90. The Bertz CT molecular complexity index is 783. The number of aromatic amines is 1. The lowest BCUT2D eigenvalue weighted by Gasteiger charge is -1.98. The first-order valence-corrected chi connectivity index (χ1v) is 5.97. The monoisotopic (exact) mass is 239 g/mol. The molecule has 3 heterocycles. The summed E-state index contributed by atoms with van der Waals surface area (Å²) in [5.74, 6) is 0. The van der Waals surface area contributed by atoms with Crippen LogP contribution in [-0.4, -0.2) is 13.7 Å². The maximum atomic E-state index is 4.44. The molecule has 0 radical (unpaired) electrons. The summed E-state index contributed by atoms with van der Waals surface area (Å²) >= 11 is 1.24. The van der Waals surface area contributed by atoms with Gasteiger partial charge in [0.1, 0.15) is 16.6 Å². The molecule has 0 unspecified atom stereocenters. The number of nitrogens with zero attached hydrogens (tertiary/aromatic N) is 3. The van der Waals surface area contributed by atoms with Gasteiger partial charge in [-0.05, 0) is 18.2 Å². The van der Waals surface area contributed by atoms with Gasteiger partial charge in [0.15, 0.2) is 6.20 Å². The van der Waals surface area contributed by atoms with E-state index in [0.29, 0.717) is 0 Å². The van der Waals surface area contributed by atoms with Crippen LogP contribution in [0.3, 0.4) is 0 Å². The molecular weight excluding hydrogens is 232 g/mol. The Morgan fingerprint density at radius 3 is 2.71 bits per heavy atom. The molecular formula is C12H7N4S+. The first-order valence-electron chi connectivity index (χ1n) is 5.24. The van der Waals surface area contributed by atoms with Crippen LogP contribution in [0.1, 0.15) is 0 Å². The van der Waals surface area contributed by atoms with Gasteiger partial charge < -0.3 is 0 Å². The fourth-order valence-electron chi connectivity index (χ4n) is 2.17. The van der Waals surface area contributed by atoms with Gasteiger partial charge in [0.25, 0.3) is 0 Å². The second-order valence-electron chi connectivity index (χ2n) is 3.82. The third-order valence-corrected chi connectivity index (χ3v) is 3.43. The predicted molar refractivity (Wildman–Crippen MR) is 66.8 cm³/mol. The Labute approximate surface area is 100 Å². The second kappa shape index (κ2) is 3.18. The molecule has 0 aliphatic carbocycles. The van der Waals surface area contributed by atoms with Gasteiger partial charge in [-0.1, -0.05) is 0 Å². The molecule has 0 saturated heterocycles. The predicted octanol–water partition coefficient (Wildman–Crippen LogP) is 2.21. The van der Waals surface area contributed by atoms with Crippen molar-refractivity contribution >= 4 is 44.6 Å². The maximum absolute atomic E-state index is 4.44. The lowest BCUT2D eigenvalue weighted by atomic mass is 10.1. The van der Waals surface area contributed by atoms with Gasteiger partial charge in [-0.3, -0.25) is 0 Å². The first kappa shape index (κ1) is 8.95. The van der Waals surface area contributed by atoms with Gasteiger partial charge in [-0.25, -0.2) is 9.97 Å². The molecule has 0 aliphatic rings. The van der Waals surface area contributed by atoms with E-state index in [1.807, 2.05) is 30.5 Å². The Morgan fingerprint density at radius 2 is 1.76 bits per heavy atom. The van der Waals surface area contributed by atoms with Crippen LogP contribution in [0.15, 0.2) is 36.7 Å². The van der Waals surface area contributed by atoms with Gasteiger partial charge in [0, 0.05) is 17.6 Å². The average molecular weight is 239 g/mol. The molecule has 0 saturated carbocycles. The van der Waals surface area contributed by atoms with Crippen LogP contribution in [-0.2, 0) is 0 Å². The van der Waals surface area contributed by atoms with Crippen molar-refractivity contribution in [2.45, 2.75) is 0 Å². The number of pyridine rings is 2. The molecule has 0 amide bonds. The van der Waals surface area contributed by atoms with E-state index < -0.39 is 0 Å². The largest absolute Gasteiger partial charge is 0.249 e. The van der Waals surface area contributed by atoms with E-state index in [2.05, 4.69) is 18.7 Å². The number of benzene rings is 1. The van der Waals surface area contributed by atoms with Crippen molar-refractivity contribution in [2.75, 3.05) is 0 Å². The summed E-state index contributed by atoms with van der Waals surface area (Å²) in [6, 6.07) is 7.97. The number of nitrogens with one attached hydrogen (secondary N) is 1. The molecule has 1 N–H and O–H groups in total. The molecule has 4 nitrogen and oxygen atoms in total. The second-order valence-corrected chi connectivity index (χ2v) is 4.35. The van der Waals surface area contributed by atoms with Gasteiger partial charge in [0.05, 0.1) is 17.1 Å². The Kier molecular flexibility index (Phi) is 1.67. The zero-order valence-corrected chi connectivity index (χ0v) is 9.53. The molecule has 17 heavy (non-hydrogen) atoms. The molecule has 0 aliphatic heterocycles. The van der Waals surface area contributed by atoms with Crippen molar-refractivity contribution in [3.05, 3.63) is 36.7 Å². The van der Waals surface area contributed by atoms with Crippen LogP contribution < -0.4 is 4.98 Å². The number of rotatable bonds is 0. The van der Waals surface area contributed by atoms with E-state index >= 15 is 0 Å². The Hall–Kier alpha value is -2.14. The van der Waals surface area contributed by atoms with Gasteiger partial charge >= 0.3 is 0 Å². The van der Waals surface area contributed by atoms with E-state index in [4.69, 9.17) is 0 Å². The summed E-state index contributed by atoms with van der Waals surface area (Å²) in [6.07, 6.45) is 3.70. The molecule has 3 aromatic heterocycles. The minimum Gasteiger partial charge on any atom is -0.249 e. The number of fused-ring (bicyclic) bond motifs is 6. The highest BCUT2D eigenvalue weighted by Gasteiger charge is 2.15. The third kappa shape index (κ3) is 1.11. The SMILES string of the molecule is c1cnc2c(c1)c1nsnc1c1ccc[nH+]c12. The van der Waals surface area contributed by atoms with E-state index in [0.717, 1.165) is 32.8 Å². The Morgan fingerprint density at radius 1 is 0.941 bits per heavy atom. The van der Waals surface area contributed by atoms with Crippen molar-refractivity contribution < 1.29 is 4.98 Å². The van der Waals surface area contributed by atoms with Crippen LogP contribution in [0.2, 0.25) is 0 Å². The van der Waals surface area contributed by atoms with Crippen molar-refractivity contribution in [3.63, 3.8) is 0 Å². The number of H-pyrrole nitrogens is 1. The quantitative estimate of drug-likeness (QED) is 0.442. The van der Waals surface area contributed by atoms with Gasteiger partial charge in [0.2, 0.25) is 5.52 Å². The van der Waals surface area contributed by atoms with Crippen LogP contribution >= 0.6 is 11.7 Å². The summed E-state index contributed by atoms with van der Waals surface area (Å²) < 4.78 is 8.75. The number of aromatic nitrogens is 4. The lowest BCUT2D eigenvalue weighted by molar-refractivity contribution is -0.343. The van der Waals surface area contributed by atoms with Crippen molar-refractivity contribution in [3.8, 4) is 0 Å². The summed E-state index contributed by atoms with van der Waals surface area (Å²) in [6.45, 7) is 0. The fourth-order valence-corrected chi connectivity index (χ4v) is 2.74. The molecule has 80 valence electrons. The maximum Gasteiger partial charge on any atom is 0.239 e. The minimum atomic E-state index is 0.935. The molecule has 0 spiro atoms. The normalized spacial score (nSPS) is 11.5. The summed E-state index contributed by atoms with van der Waals surface area (Å²) in [7, 11) is 0. The summed E-state index contributed by atoms with van der Waals surface area (Å²) in [5, 5.41) is 2.12. The molecule has 4 aromatic rings. The van der Waals surface area contributed by atoms with Crippen molar-refractivity contribution in [2.24, 2.45) is 0 Å². The lowest BCUT2D eigenvalue weighted by Crippen LogP contribution is -2.03. The van der Waals surface area contributed by atoms with E-state index in [1.165, 1.54) is 11.7 Å². The summed E-state index contributed by atoms with van der Waals surface area (Å²) in [5.41, 5.74) is 3.85. The Balaban J connectivity index is 2.48. The van der Waals surface area contributed by atoms with E-state index in [-0.39, 0.29) is 0 Å². The molecule has 4 rings (SSSR count). The highest BCUT2D eigenvalue weighted by atomic mass is 32.1. The standard InChI is InChI=1S/C12H6N4S/c1-3-7-9(13-5-1)10-8(4-2-6-14-10)12-11(7)15-17-16-12/h1-6H/p+1. The first-order chi connectivity index (χ1) is 8.45. The molecule has 0 fully saturated rings. The van der Waals surface area contributed by atoms with Crippen molar-refractivity contribution in [1.29, 1.82) is 0 Å². The van der Waals surface area contributed by atoms with Crippen molar-refractivity contribution in [1.82, 2.24) is 13.7 Å². The zero-order valence-electron chi connectivity index (χ0n) is 8.71. The van der Waals surface area contributed by atoms with Crippen LogP contribution in [0.4, 0.5) is 0 Å². The topological polar surface area (TPSA) is 52.8 Å². The smallest absolute Gasteiger partial charge is 0.239 e. The number of hydrogen-bond donors (Lipinski definition) is 0. The van der Waals surface area contributed by atoms with Gasteiger partial charge in [-0.2, -0.15) is 8.75 Å².